The van der Waals surface area contributed by atoms with Crippen molar-refractivity contribution in [2.24, 2.45) is 5.92 Å². The van der Waals surface area contributed by atoms with Gasteiger partial charge in [0.15, 0.2) is 6.61 Å². The molecule has 0 aromatic heterocycles. The second-order valence-corrected chi connectivity index (χ2v) is 4.25. The van der Waals surface area contributed by atoms with E-state index in [0.717, 1.165) is 12.8 Å². The first kappa shape index (κ1) is 13.1. The molecule has 1 saturated carbocycles. The topological polar surface area (TPSA) is 84.5 Å². The first-order valence-corrected chi connectivity index (χ1v) is 5.97. The van der Waals surface area contributed by atoms with Gasteiger partial charge in [0.1, 0.15) is 0 Å². The Balaban J connectivity index is 1.68. The Kier molecular flexibility index (Phi) is 4.12. The van der Waals surface area contributed by atoms with E-state index < -0.39 is 11.8 Å². The maximum Gasteiger partial charge on any atom is 0.309 e. The number of amides is 2. The summed E-state index contributed by atoms with van der Waals surface area (Å²) in [5.41, 5.74) is 4.85. The standard InChI is InChI=1S/C13H14N2O4/c16-11(8-19-13(18)10-6-7-10)14-15-12(17)9-4-2-1-3-5-9/h1-5,10H,6-8H2,(H,14,16)(H,15,17). The molecule has 1 aliphatic carbocycles. The predicted molar refractivity (Wildman–Crippen MR) is 65.7 cm³/mol. The summed E-state index contributed by atoms with van der Waals surface area (Å²) in [7, 11) is 0. The molecule has 2 N–H and O–H groups in total. The Labute approximate surface area is 110 Å². The van der Waals surface area contributed by atoms with Crippen LogP contribution >= 0.6 is 0 Å². The number of carbonyl (C=O) groups excluding carboxylic acids is 3. The molecule has 0 bridgehead atoms. The molecular formula is C13H14N2O4. The largest absolute Gasteiger partial charge is 0.455 e. The minimum Gasteiger partial charge on any atom is -0.455 e. The molecule has 0 radical (unpaired) electrons. The lowest BCUT2D eigenvalue weighted by atomic mass is 10.2. The van der Waals surface area contributed by atoms with Crippen LogP contribution in [0.15, 0.2) is 30.3 Å². The predicted octanol–water partition coefficient (Wildman–Crippen LogP) is 0.401. The van der Waals surface area contributed by atoms with E-state index in [2.05, 4.69) is 10.9 Å². The van der Waals surface area contributed by atoms with Crippen molar-refractivity contribution in [3.8, 4) is 0 Å². The Morgan fingerprint density at radius 1 is 1.11 bits per heavy atom. The molecule has 2 amide bonds. The summed E-state index contributed by atoms with van der Waals surface area (Å²) in [6, 6.07) is 8.46. The van der Waals surface area contributed by atoms with E-state index in [4.69, 9.17) is 4.74 Å². The summed E-state index contributed by atoms with van der Waals surface area (Å²) in [5.74, 6) is -1.41. The maximum absolute atomic E-state index is 11.6. The van der Waals surface area contributed by atoms with E-state index >= 15 is 0 Å². The third-order valence-electron chi connectivity index (χ3n) is 2.61. The summed E-state index contributed by atoms with van der Waals surface area (Å²) < 4.78 is 4.76. The molecule has 0 unspecified atom stereocenters. The Morgan fingerprint density at radius 3 is 2.42 bits per heavy atom. The van der Waals surface area contributed by atoms with E-state index in [0.29, 0.717) is 5.56 Å². The normalized spacial score (nSPS) is 13.5. The van der Waals surface area contributed by atoms with Gasteiger partial charge in [0.2, 0.25) is 0 Å². The van der Waals surface area contributed by atoms with Crippen molar-refractivity contribution in [2.45, 2.75) is 12.8 Å². The van der Waals surface area contributed by atoms with Crippen molar-refractivity contribution in [3.05, 3.63) is 35.9 Å². The highest BCUT2D eigenvalue weighted by Crippen LogP contribution is 2.29. The molecule has 1 aromatic rings. The molecule has 0 aliphatic heterocycles. The van der Waals surface area contributed by atoms with Crippen LogP contribution < -0.4 is 10.9 Å². The van der Waals surface area contributed by atoms with Crippen LogP contribution in [0.2, 0.25) is 0 Å². The Hall–Kier alpha value is -2.37. The van der Waals surface area contributed by atoms with Gasteiger partial charge in [-0.3, -0.25) is 25.2 Å². The first-order chi connectivity index (χ1) is 9.16. The lowest BCUT2D eigenvalue weighted by Crippen LogP contribution is -2.43. The fraction of sp³-hybridized carbons (Fsp3) is 0.308. The second kappa shape index (κ2) is 5.99. The molecule has 2 rings (SSSR count). The van der Waals surface area contributed by atoms with Crippen molar-refractivity contribution >= 4 is 17.8 Å². The summed E-state index contributed by atoms with van der Waals surface area (Å²) in [5, 5.41) is 0. The van der Waals surface area contributed by atoms with Gasteiger partial charge >= 0.3 is 5.97 Å². The highest BCUT2D eigenvalue weighted by Gasteiger charge is 2.31. The van der Waals surface area contributed by atoms with Crippen LogP contribution in [0, 0.1) is 5.92 Å². The molecule has 6 heteroatoms. The molecule has 0 heterocycles. The SMILES string of the molecule is O=C(COC(=O)C1CC1)NNC(=O)c1ccccc1. The third kappa shape index (κ3) is 4.09. The first-order valence-electron chi connectivity index (χ1n) is 5.97. The van der Waals surface area contributed by atoms with Gasteiger partial charge in [-0.05, 0) is 25.0 Å². The van der Waals surface area contributed by atoms with Gasteiger partial charge in [0.05, 0.1) is 5.92 Å². The van der Waals surface area contributed by atoms with Crippen molar-refractivity contribution < 1.29 is 19.1 Å². The van der Waals surface area contributed by atoms with Gasteiger partial charge in [-0.15, -0.1) is 0 Å². The van der Waals surface area contributed by atoms with E-state index in [1.54, 1.807) is 30.3 Å². The van der Waals surface area contributed by atoms with Crippen LogP contribution in [0.3, 0.4) is 0 Å². The van der Waals surface area contributed by atoms with Crippen molar-refractivity contribution in [3.63, 3.8) is 0 Å². The quantitative estimate of drug-likeness (QED) is 0.607. The van der Waals surface area contributed by atoms with Gasteiger partial charge in [0, 0.05) is 5.56 Å². The summed E-state index contributed by atoms with van der Waals surface area (Å²) in [4.78, 5) is 34.1. The lowest BCUT2D eigenvalue weighted by Gasteiger charge is -2.07. The van der Waals surface area contributed by atoms with E-state index in [9.17, 15) is 14.4 Å². The van der Waals surface area contributed by atoms with Gasteiger partial charge in [-0.1, -0.05) is 18.2 Å². The van der Waals surface area contributed by atoms with Gasteiger partial charge < -0.3 is 4.74 Å². The van der Waals surface area contributed by atoms with Crippen LogP contribution in [-0.4, -0.2) is 24.4 Å². The number of benzene rings is 1. The summed E-state index contributed by atoms with van der Waals surface area (Å²) in [6.45, 7) is -0.385. The van der Waals surface area contributed by atoms with Gasteiger partial charge in [-0.2, -0.15) is 0 Å². The van der Waals surface area contributed by atoms with Crippen molar-refractivity contribution in [2.75, 3.05) is 6.61 Å². The molecule has 1 fully saturated rings. The molecule has 1 aliphatic rings. The fourth-order valence-electron chi connectivity index (χ4n) is 1.40. The minimum absolute atomic E-state index is 0.0493. The Morgan fingerprint density at radius 2 is 1.79 bits per heavy atom. The van der Waals surface area contributed by atoms with Gasteiger partial charge in [-0.25, -0.2) is 0 Å². The Bertz CT molecular complexity index is 483. The summed E-state index contributed by atoms with van der Waals surface area (Å²) >= 11 is 0. The molecule has 19 heavy (non-hydrogen) atoms. The monoisotopic (exact) mass is 262 g/mol. The highest BCUT2D eigenvalue weighted by atomic mass is 16.5. The van der Waals surface area contributed by atoms with Crippen LogP contribution in [-0.2, 0) is 14.3 Å². The minimum atomic E-state index is -0.571. The number of hydrogen-bond donors (Lipinski definition) is 2. The molecule has 100 valence electrons. The molecule has 0 atom stereocenters. The van der Waals surface area contributed by atoms with E-state index in [1.165, 1.54) is 0 Å². The molecular weight excluding hydrogens is 248 g/mol. The summed E-state index contributed by atoms with van der Waals surface area (Å²) in [6.07, 6.45) is 1.65. The average molecular weight is 262 g/mol. The average Bonchev–Trinajstić information content (AvgIpc) is 3.27. The second-order valence-electron chi connectivity index (χ2n) is 4.25. The van der Waals surface area contributed by atoms with Crippen molar-refractivity contribution in [1.29, 1.82) is 0 Å². The van der Waals surface area contributed by atoms with Crippen LogP contribution in [0.5, 0.6) is 0 Å². The molecule has 6 nitrogen and oxygen atoms in total. The van der Waals surface area contributed by atoms with Crippen molar-refractivity contribution in [1.82, 2.24) is 10.9 Å². The van der Waals surface area contributed by atoms with Gasteiger partial charge in [0.25, 0.3) is 11.8 Å². The number of hydrogen-bond acceptors (Lipinski definition) is 4. The number of rotatable bonds is 4. The zero-order valence-electron chi connectivity index (χ0n) is 10.2. The smallest absolute Gasteiger partial charge is 0.309 e. The van der Waals surface area contributed by atoms with E-state index in [-0.39, 0.29) is 18.5 Å². The number of esters is 1. The lowest BCUT2D eigenvalue weighted by molar-refractivity contribution is -0.149. The fourth-order valence-corrected chi connectivity index (χ4v) is 1.40. The number of carbonyl (C=O) groups is 3. The molecule has 1 aromatic carbocycles. The zero-order valence-corrected chi connectivity index (χ0v) is 10.2. The molecule has 0 spiro atoms. The number of nitrogens with one attached hydrogen (secondary N) is 2. The molecule has 0 saturated heterocycles. The number of hydrazine groups is 1. The maximum atomic E-state index is 11.6. The third-order valence-corrected chi connectivity index (χ3v) is 2.61. The van der Waals surface area contributed by atoms with Crippen LogP contribution in [0.4, 0.5) is 0 Å². The number of ether oxygens (including phenoxy) is 1. The highest BCUT2D eigenvalue weighted by molar-refractivity contribution is 5.95. The van der Waals surface area contributed by atoms with Crippen LogP contribution in [0.1, 0.15) is 23.2 Å². The zero-order chi connectivity index (χ0) is 13.7. The van der Waals surface area contributed by atoms with E-state index in [1.807, 2.05) is 0 Å². The van der Waals surface area contributed by atoms with Crippen LogP contribution in [0.25, 0.3) is 0 Å².